The minimum atomic E-state index is -0.0432. The maximum atomic E-state index is 12.7. The van der Waals surface area contributed by atoms with Crippen LogP contribution in [0.5, 0.6) is 0 Å². The molecule has 0 saturated heterocycles. The van der Waals surface area contributed by atoms with Crippen molar-refractivity contribution in [3.63, 3.8) is 0 Å². The number of urea groups is 1. The molecule has 0 unspecified atom stereocenters. The van der Waals surface area contributed by atoms with Gasteiger partial charge in [0, 0.05) is 23.2 Å². The normalized spacial score (nSPS) is 10.5. The molecule has 2 amide bonds. The Hall–Kier alpha value is -1.81. The Bertz CT molecular complexity index is 683. The highest BCUT2D eigenvalue weighted by Crippen LogP contribution is 2.18. The van der Waals surface area contributed by atoms with Crippen molar-refractivity contribution >= 4 is 27.6 Å². The number of nitrogens with one attached hydrogen (secondary N) is 1. The van der Waals surface area contributed by atoms with E-state index in [2.05, 4.69) is 41.2 Å². The molecule has 2 rings (SSSR count). The molecule has 24 heavy (non-hydrogen) atoms. The van der Waals surface area contributed by atoms with Crippen LogP contribution >= 0.6 is 15.9 Å². The zero-order valence-electron chi connectivity index (χ0n) is 14.6. The molecule has 0 aliphatic rings. The van der Waals surface area contributed by atoms with Gasteiger partial charge >= 0.3 is 6.03 Å². The molecule has 0 aromatic heterocycles. The molecule has 4 heteroatoms. The number of halogens is 1. The van der Waals surface area contributed by atoms with Crippen LogP contribution in [0.1, 0.15) is 36.5 Å². The van der Waals surface area contributed by atoms with Gasteiger partial charge in [-0.2, -0.15) is 0 Å². The number of unbranched alkanes of at least 4 members (excludes halogenated alkanes) is 1. The number of nitrogens with zero attached hydrogens (tertiary/aromatic N) is 1. The third kappa shape index (κ3) is 5.38. The predicted molar refractivity (Wildman–Crippen MR) is 104 cm³/mol. The fourth-order valence-electron chi connectivity index (χ4n) is 2.56. The number of anilines is 1. The summed E-state index contributed by atoms with van der Waals surface area (Å²) in [6, 6.07) is 14.2. The van der Waals surface area contributed by atoms with Crippen LogP contribution in [0.4, 0.5) is 10.5 Å². The van der Waals surface area contributed by atoms with Crippen LogP contribution in [0.15, 0.2) is 46.9 Å². The summed E-state index contributed by atoms with van der Waals surface area (Å²) in [6.07, 6.45) is 2.06. The highest BCUT2D eigenvalue weighted by molar-refractivity contribution is 9.10. The molecule has 0 aliphatic carbocycles. The smallest absolute Gasteiger partial charge is 0.320 e. The monoisotopic (exact) mass is 388 g/mol. The Balaban J connectivity index is 2.10. The van der Waals surface area contributed by atoms with Crippen LogP contribution in [0.2, 0.25) is 0 Å². The second-order valence-corrected chi connectivity index (χ2v) is 7.07. The third-order valence-electron chi connectivity index (χ3n) is 3.98. The van der Waals surface area contributed by atoms with E-state index >= 15 is 0 Å². The first kappa shape index (κ1) is 18.5. The van der Waals surface area contributed by atoms with Gasteiger partial charge in [-0.1, -0.05) is 59.1 Å². The maximum absolute atomic E-state index is 12.7. The molecule has 128 valence electrons. The van der Waals surface area contributed by atoms with Crippen molar-refractivity contribution < 1.29 is 4.79 Å². The topological polar surface area (TPSA) is 32.3 Å². The molecule has 0 radical (unpaired) electrons. The van der Waals surface area contributed by atoms with Crippen molar-refractivity contribution in [2.24, 2.45) is 0 Å². The van der Waals surface area contributed by atoms with Gasteiger partial charge in [0.25, 0.3) is 0 Å². The van der Waals surface area contributed by atoms with E-state index in [1.54, 1.807) is 0 Å². The lowest BCUT2D eigenvalue weighted by atomic mass is 10.1. The Labute approximate surface area is 153 Å². The van der Waals surface area contributed by atoms with Crippen molar-refractivity contribution in [2.45, 2.75) is 40.2 Å². The molecule has 0 fully saturated rings. The van der Waals surface area contributed by atoms with Crippen LogP contribution in [0, 0.1) is 13.8 Å². The molecule has 3 nitrogen and oxygen atoms in total. The molecule has 0 spiro atoms. The average molecular weight is 389 g/mol. The second kappa shape index (κ2) is 8.88. The molecule has 2 aromatic rings. The molecular formula is C20H25BrN2O. The van der Waals surface area contributed by atoms with E-state index in [1.165, 1.54) is 5.56 Å². The first-order chi connectivity index (χ1) is 11.5. The van der Waals surface area contributed by atoms with Crippen molar-refractivity contribution in [3.05, 3.63) is 63.6 Å². The maximum Gasteiger partial charge on any atom is 0.322 e. The SMILES string of the molecule is CCCCN(Cc1ccc(Br)cc1)C(=O)Nc1ccc(C)cc1C. The minimum absolute atomic E-state index is 0.0432. The van der Waals surface area contributed by atoms with Gasteiger partial charge in [0.1, 0.15) is 0 Å². The summed E-state index contributed by atoms with van der Waals surface area (Å²) >= 11 is 3.45. The van der Waals surface area contributed by atoms with Gasteiger partial charge in [0.2, 0.25) is 0 Å². The fourth-order valence-corrected chi connectivity index (χ4v) is 2.82. The number of aryl methyl sites for hydroxylation is 2. The van der Waals surface area contributed by atoms with Gasteiger partial charge in [0.15, 0.2) is 0 Å². The lowest BCUT2D eigenvalue weighted by Gasteiger charge is -2.24. The number of amides is 2. The third-order valence-corrected chi connectivity index (χ3v) is 4.51. The van der Waals surface area contributed by atoms with Gasteiger partial charge in [-0.25, -0.2) is 4.79 Å². The number of carbonyl (C=O) groups is 1. The highest BCUT2D eigenvalue weighted by atomic mass is 79.9. The van der Waals surface area contributed by atoms with Gasteiger partial charge in [-0.3, -0.25) is 0 Å². The second-order valence-electron chi connectivity index (χ2n) is 6.15. The summed E-state index contributed by atoms with van der Waals surface area (Å²) in [6.45, 7) is 7.58. The largest absolute Gasteiger partial charge is 0.322 e. The van der Waals surface area contributed by atoms with Gasteiger partial charge in [-0.05, 0) is 49.6 Å². The van der Waals surface area contributed by atoms with Gasteiger partial charge in [0.05, 0.1) is 0 Å². The van der Waals surface area contributed by atoms with Crippen LogP contribution in [0.3, 0.4) is 0 Å². The number of rotatable bonds is 6. The summed E-state index contributed by atoms with van der Waals surface area (Å²) in [5, 5.41) is 3.06. The van der Waals surface area contributed by atoms with Crippen LogP contribution in [-0.2, 0) is 6.54 Å². The van der Waals surface area contributed by atoms with Crippen LogP contribution < -0.4 is 5.32 Å². The van der Waals surface area contributed by atoms with E-state index in [0.717, 1.165) is 40.7 Å². The fraction of sp³-hybridized carbons (Fsp3) is 0.350. The molecular weight excluding hydrogens is 364 g/mol. The molecule has 0 saturated carbocycles. The highest BCUT2D eigenvalue weighted by Gasteiger charge is 2.14. The minimum Gasteiger partial charge on any atom is -0.320 e. The zero-order chi connectivity index (χ0) is 17.5. The number of hydrogen-bond donors (Lipinski definition) is 1. The zero-order valence-corrected chi connectivity index (χ0v) is 16.2. The first-order valence-electron chi connectivity index (χ1n) is 8.37. The van der Waals surface area contributed by atoms with Crippen molar-refractivity contribution in [1.82, 2.24) is 4.90 Å². The van der Waals surface area contributed by atoms with E-state index in [9.17, 15) is 4.79 Å². The summed E-state index contributed by atoms with van der Waals surface area (Å²) in [5.74, 6) is 0. The molecule has 0 atom stereocenters. The van der Waals surface area contributed by atoms with E-state index < -0.39 is 0 Å². The number of carbonyl (C=O) groups excluding carboxylic acids is 1. The molecule has 0 heterocycles. The Kier molecular flexibility index (Phi) is 6.85. The van der Waals surface area contributed by atoms with Crippen molar-refractivity contribution in [1.29, 1.82) is 0 Å². The lowest BCUT2D eigenvalue weighted by molar-refractivity contribution is 0.208. The Morgan fingerprint density at radius 3 is 2.46 bits per heavy atom. The Morgan fingerprint density at radius 2 is 1.83 bits per heavy atom. The van der Waals surface area contributed by atoms with E-state index in [4.69, 9.17) is 0 Å². The van der Waals surface area contributed by atoms with Crippen LogP contribution in [0.25, 0.3) is 0 Å². The number of benzene rings is 2. The van der Waals surface area contributed by atoms with E-state index in [-0.39, 0.29) is 6.03 Å². The van der Waals surface area contributed by atoms with Gasteiger partial charge < -0.3 is 10.2 Å². The first-order valence-corrected chi connectivity index (χ1v) is 9.16. The predicted octanol–water partition coefficient (Wildman–Crippen LogP) is 5.90. The Morgan fingerprint density at radius 1 is 1.12 bits per heavy atom. The van der Waals surface area contributed by atoms with Crippen molar-refractivity contribution in [2.75, 3.05) is 11.9 Å². The summed E-state index contributed by atoms with van der Waals surface area (Å²) in [5.41, 5.74) is 4.29. The van der Waals surface area contributed by atoms with Crippen molar-refractivity contribution in [3.8, 4) is 0 Å². The van der Waals surface area contributed by atoms with Crippen LogP contribution in [-0.4, -0.2) is 17.5 Å². The summed E-state index contributed by atoms with van der Waals surface area (Å²) in [4.78, 5) is 14.6. The van der Waals surface area contributed by atoms with Gasteiger partial charge in [-0.15, -0.1) is 0 Å². The summed E-state index contributed by atoms with van der Waals surface area (Å²) < 4.78 is 1.05. The standard InChI is InChI=1S/C20H25BrN2O/c1-4-5-12-23(14-17-7-9-18(21)10-8-17)20(24)22-19-11-6-15(2)13-16(19)3/h6-11,13H,4-5,12,14H2,1-3H3,(H,22,24). The summed E-state index contributed by atoms with van der Waals surface area (Å²) in [7, 11) is 0. The molecule has 0 aliphatic heterocycles. The average Bonchev–Trinajstić information content (AvgIpc) is 2.55. The molecule has 1 N–H and O–H groups in total. The van der Waals surface area contributed by atoms with E-state index in [0.29, 0.717) is 6.54 Å². The number of hydrogen-bond acceptors (Lipinski definition) is 1. The molecule has 0 bridgehead atoms. The quantitative estimate of drug-likeness (QED) is 0.655. The lowest BCUT2D eigenvalue weighted by Crippen LogP contribution is -2.35. The molecule has 2 aromatic carbocycles. The van der Waals surface area contributed by atoms with E-state index in [1.807, 2.05) is 48.2 Å².